The number of β-amino-alcohol motifs (C(OH)–C–C–N with tert-alkyl or cyclic N) is 1. The van der Waals surface area contributed by atoms with E-state index in [1.54, 1.807) is 0 Å². The average molecular weight is 200 g/mol. The maximum Gasteiger partial charge on any atom is 0.0772 e. The molecule has 0 unspecified atom stereocenters. The molecule has 1 rings (SSSR count). The second-order valence-corrected chi connectivity index (χ2v) is 5.67. The maximum absolute atomic E-state index is 10.2. The Hall–Kier alpha value is -0.120. The van der Waals surface area contributed by atoms with E-state index in [2.05, 4.69) is 26.1 Å². The molecule has 0 bridgehead atoms. The Bertz CT molecular complexity index is 178. The third-order valence-corrected chi connectivity index (χ3v) is 2.91. The van der Waals surface area contributed by atoms with Crippen LogP contribution < -0.4 is 11.1 Å². The van der Waals surface area contributed by atoms with E-state index < -0.39 is 5.60 Å². The van der Waals surface area contributed by atoms with Crippen LogP contribution in [-0.4, -0.2) is 28.8 Å². The van der Waals surface area contributed by atoms with Crippen LogP contribution >= 0.6 is 0 Å². The van der Waals surface area contributed by atoms with E-state index in [0.717, 1.165) is 25.7 Å². The van der Waals surface area contributed by atoms with Gasteiger partial charge in [-0.25, -0.2) is 0 Å². The molecule has 3 nitrogen and oxygen atoms in total. The number of rotatable bonds is 2. The molecule has 0 radical (unpaired) electrons. The molecule has 0 saturated heterocycles. The van der Waals surface area contributed by atoms with Gasteiger partial charge in [0.25, 0.3) is 0 Å². The largest absolute Gasteiger partial charge is 0.389 e. The number of nitrogens with one attached hydrogen (secondary N) is 1. The van der Waals surface area contributed by atoms with Gasteiger partial charge in [-0.1, -0.05) is 0 Å². The first-order valence-electron chi connectivity index (χ1n) is 5.54. The molecule has 0 aromatic carbocycles. The van der Waals surface area contributed by atoms with Crippen molar-refractivity contribution >= 4 is 0 Å². The Morgan fingerprint density at radius 3 is 2.29 bits per heavy atom. The van der Waals surface area contributed by atoms with Crippen molar-refractivity contribution in [2.24, 2.45) is 5.73 Å². The Labute approximate surface area is 87.1 Å². The lowest BCUT2D eigenvalue weighted by atomic mass is 9.82. The van der Waals surface area contributed by atoms with Gasteiger partial charge in [0, 0.05) is 18.1 Å². The van der Waals surface area contributed by atoms with E-state index >= 15 is 0 Å². The van der Waals surface area contributed by atoms with Crippen LogP contribution in [0.4, 0.5) is 0 Å². The summed E-state index contributed by atoms with van der Waals surface area (Å²) in [6.07, 6.45) is 3.55. The van der Waals surface area contributed by atoms with Crippen molar-refractivity contribution in [3.8, 4) is 0 Å². The predicted molar refractivity (Wildman–Crippen MR) is 59.1 cm³/mol. The maximum atomic E-state index is 10.2. The normalized spacial score (nSPS) is 34.5. The molecule has 1 aliphatic carbocycles. The van der Waals surface area contributed by atoms with Gasteiger partial charge in [0.15, 0.2) is 0 Å². The predicted octanol–water partition coefficient (Wildman–Crippen LogP) is 1.01. The zero-order valence-corrected chi connectivity index (χ0v) is 9.64. The molecule has 1 saturated carbocycles. The minimum atomic E-state index is -0.525. The molecule has 14 heavy (non-hydrogen) atoms. The minimum Gasteiger partial charge on any atom is -0.389 e. The molecule has 4 N–H and O–H groups in total. The summed E-state index contributed by atoms with van der Waals surface area (Å²) in [4.78, 5) is 0. The molecule has 0 spiro atoms. The second kappa shape index (κ2) is 4.17. The summed E-state index contributed by atoms with van der Waals surface area (Å²) in [6, 6.07) is 0.296. The summed E-state index contributed by atoms with van der Waals surface area (Å²) in [5, 5.41) is 13.6. The van der Waals surface area contributed by atoms with Gasteiger partial charge in [-0.3, -0.25) is 0 Å². The van der Waals surface area contributed by atoms with Crippen LogP contribution in [0.2, 0.25) is 0 Å². The summed E-state index contributed by atoms with van der Waals surface area (Å²) in [5.74, 6) is 0. The summed E-state index contributed by atoms with van der Waals surface area (Å²) < 4.78 is 0. The van der Waals surface area contributed by atoms with Gasteiger partial charge in [-0.15, -0.1) is 0 Å². The van der Waals surface area contributed by atoms with Gasteiger partial charge in [0.1, 0.15) is 0 Å². The van der Waals surface area contributed by atoms with E-state index in [4.69, 9.17) is 5.73 Å². The highest BCUT2D eigenvalue weighted by atomic mass is 16.3. The summed E-state index contributed by atoms with van der Waals surface area (Å²) in [7, 11) is 0. The van der Waals surface area contributed by atoms with Crippen molar-refractivity contribution in [2.75, 3.05) is 6.54 Å². The van der Waals surface area contributed by atoms with Gasteiger partial charge < -0.3 is 16.2 Å². The van der Waals surface area contributed by atoms with Crippen molar-refractivity contribution in [3.63, 3.8) is 0 Å². The molecular weight excluding hydrogens is 176 g/mol. The molecule has 1 aliphatic rings. The Morgan fingerprint density at radius 2 is 1.86 bits per heavy atom. The van der Waals surface area contributed by atoms with Gasteiger partial charge in [0.05, 0.1) is 5.60 Å². The molecule has 1 fully saturated rings. The van der Waals surface area contributed by atoms with Gasteiger partial charge in [0.2, 0.25) is 0 Å². The number of hydrogen-bond acceptors (Lipinski definition) is 3. The van der Waals surface area contributed by atoms with Crippen molar-refractivity contribution in [3.05, 3.63) is 0 Å². The van der Waals surface area contributed by atoms with Gasteiger partial charge in [-0.2, -0.15) is 0 Å². The first kappa shape index (κ1) is 12.0. The van der Waals surface area contributed by atoms with Crippen LogP contribution in [0.1, 0.15) is 46.5 Å². The van der Waals surface area contributed by atoms with Crippen LogP contribution in [0.15, 0.2) is 0 Å². The standard InChI is InChI=1S/C11H24N2O/c1-10(2,3)13-8-11(14)6-4-9(12)5-7-11/h9,13-14H,4-8,12H2,1-3H3. The minimum absolute atomic E-state index is 0.0787. The number of hydrogen-bond donors (Lipinski definition) is 3. The molecule has 84 valence electrons. The molecule has 0 aromatic rings. The third-order valence-electron chi connectivity index (χ3n) is 2.91. The van der Waals surface area contributed by atoms with Gasteiger partial charge >= 0.3 is 0 Å². The topological polar surface area (TPSA) is 58.3 Å². The van der Waals surface area contributed by atoms with Crippen molar-refractivity contribution in [2.45, 2.75) is 63.6 Å². The molecule has 3 heteroatoms. The molecule has 0 atom stereocenters. The number of aliphatic hydroxyl groups is 1. The third kappa shape index (κ3) is 3.95. The van der Waals surface area contributed by atoms with Crippen LogP contribution in [0.3, 0.4) is 0 Å². The highest BCUT2D eigenvalue weighted by Gasteiger charge is 2.32. The van der Waals surface area contributed by atoms with Gasteiger partial charge in [-0.05, 0) is 46.5 Å². The van der Waals surface area contributed by atoms with Crippen molar-refractivity contribution in [1.82, 2.24) is 5.32 Å². The molecular formula is C11H24N2O. The van der Waals surface area contributed by atoms with Crippen LogP contribution in [0.25, 0.3) is 0 Å². The van der Waals surface area contributed by atoms with E-state index in [1.807, 2.05) is 0 Å². The zero-order chi connectivity index (χ0) is 10.8. The number of nitrogens with two attached hydrogens (primary N) is 1. The quantitative estimate of drug-likeness (QED) is 0.623. The summed E-state index contributed by atoms with van der Waals surface area (Å²) in [5.41, 5.74) is 5.36. The Kier molecular flexibility index (Phi) is 3.56. The fraction of sp³-hybridized carbons (Fsp3) is 1.00. The molecule has 0 aromatic heterocycles. The van der Waals surface area contributed by atoms with E-state index in [0.29, 0.717) is 12.6 Å². The average Bonchev–Trinajstić information content (AvgIpc) is 2.07. The van der Waals surface area contributed by atoms with Crippen LogP contribution in [0.5, 0.6) is 0 Å². The smallest absolute Gasteiger partial charge is 0.0772 e. The van der Waals surface area contributed by atoms with Crippen LogP contribution in [-0.2, 0) is 0 Å². The summed E-state index contributed by atoms with van der Waals surface area (Å²) in [6.45, 7) is 7.03. The lowest BCUT2D eigenvalue weighted by Gasteiger charge is -2.37. The Morgan fingerprint density at radius 1 is 1.36 bits per heavy atom. The molecule has 0 amide bonds. The van der Waals surface area contributed by atoms with Crippen molar-refractivity contribution < 1.29 is 5.11 Å². The Balaban J connectivity index is 2.36. The van der Waals surface area contributed by atoms with E-state index in [9.17, 15) is 5.11 Å². The fourth-order valence-corrected chi connectivity index (χ4v) is 1.78. The summed E-state index contributed by atoms with van der Waals surface area (Å²) >= 11 is 0. The highest BCUT2D eigenvalue weighted by Crippen LogP contribution is 2.27. The monoisotopic (exact) mass is 200 g/mol. The van der Waals surface area contributed by atoms with E-state index in [1.165, 1.54) is 0 Å². The van der Waals surface area contributed by atoms with Crippen molar-refractivity contribution in [1.29, 1.82) is 0 Å². The highest BCUT2D eigenvalue weighted by molar-refractivity contribution is 4.90. The second-order valence-electron chi connectivity index (χ2n) is 5.67. The first-order valence-corrected chi connectivity index (χ1v) is 5.54. The van der Waals surface area contributed by atoms with Crippen LogP contribution in [0, 0.1) is 0 Å². The SMILES string of the molecule is CC(C)(C)NCC1(O)CCC(N)CC1. The first-order chi connectivity index (χ1) is 6.31. The molecule has 0 aliphatic heterocycles. The van der Waals surface area contributed by atoms with E-state index in [-0.39, 0.29) is 5.54 Å². The molecule has 0 heterocycles. The zero-order valence-electron chi connectivity index (χ0n) is 9.64. The fourth-order valence-electron chi connectivity index (χ4n) is 1.78. The lowest BCUT2D eigenvalue weighted by Crippen LogP contribution is -2.50. The lowest BCUT2D eigenvalue weighted by molar-refractivity contribution is -0.00392.